The fourth-order valence-electron chi connectivity index (χ4n) is 2.41. The molecule has 114 valence electrons. The Morgan fingerprint density at radius 3 is 2.76 bits per heavy atom. The summed E-state index contributed by atoms with van der Waals surface area (Å²) in [6.07, 6.45) is 1.96. The zero-order chi connectivity index (χ0) is 15.4. The van der Waals surface area contributed by atoms with Crippen LogP contribution in [0.4, 0.5) is 8.78 Å². The van der Waals surface area contributed by atoms with Crippen molar-refractivity contribution < 1.29 is 23.5 Å². The molecule has 0 spiro atoms. The van der Waals surface area contributed by atoms with Gasteiger partial charge < -0.3 is 10.4 Å². The number of rotatable bonds is 5. The maximum atomic E-state index is 13.4. The maximum Gasteiger partial charge on any atom is 0.308 e. The van der Waals surface area contributed by atoms with Crippen molar-refractivity contribution in [3.05, 3.63) is 29.8 Å². The molecule has 1 amide bonds. The maximum absolute atomic E-state index is 13.4. The molecule has 0 aliphatic heterocycles. The molecule has 7 heteroatoms. The van der Waals surface area contributed by atoms with Crippen molar-refractivity contribution in [2.24, 2.45) is 5.92 Å². The van der Waals surface area contributed by atoms with Crippen molar-refractivity contribution in [1.82, 2.24) is 5.32 Å². The van der Waals surface area contributed by atoms with Crippen LogP contribution in [0, 0.1) is 17.6 Å². The average molecular weight is 315 g/mol. The van der Waals surface area contributed by atoms with Gasteiger partial charge in [-0.2, -0.15) is 0 Å². The minimum Gasteiger partial charge on any atom is -0.481 e. The Morgan fingerprint density at radius 1 is 1.33 bits per heavy atom. The summed E-state index contributed by atoms with van der Waals surface area (Å²) in [5, 5.41) is 11.7. The Kier molecular flexibility index (Phi) is 5.17. The van der Waals surface area contributed by atoms with E-state index in [2.05, 4.69) is 5.32 Å². The Hall–Kier alpha value is -1.63. The molecule has 0 bridgehead atoms. The molecule has 1 aliphatic rings. The van der Waals surface area contributed by atoms with Crippen LogP contribution in [0.25, 0.3) is 0 Å². The summed E-state index contributed by atoms with van der Waals surface area (Å²) in [5.74, 6) is -3.22. The number of aliphatic carboxylic acids is 1. The van der Waals surface area contributed by atoms with Crippen LogP contribution in [0.3, 0.4) is 0 Å². The molecule has 21 heavy (non-hydrogen) atoms. The molecule has 2 unspecified atom stereocenters. The largest absolute Gasteiger partial charge is 0.481 e. The number of carbonyl (C=O) groups excluding carboxylic acids is 1. The standard InChI is InChI=1S/C14H15F2NO3S/c15-8-4-5-12(10(16)6-8)21-7-13(18)17-11-3-1-2-9(11)14(19)20/h4-6,9,11H,1-3,7H2,(H,17,18)(H,19,20). The second-order valence-corrected chi connectivity index (χ2v) is 5.93. The van der Waals surface area contributed by atoms with Crippen LogP contribution in [-0.2, 0) is 9.59 Å². The van der Waals surface area contributed by atoms with Crippen molar-refractivity contribution in [3.63, 3.8) is 0 Å². The molecule has 0 heterocycles. The smallest absolute Gasteiger partial charge is 0.308 e. The Bertz CT molecular complexity index is 553. The van der Waals surface area contributed by atoms with E-state index in [4.69, 9.17) is 5.11 Å². The van der Waals surface area contributed by atoms with E-state index in [1.807, 2.05) is 0 Å². The zero-order valence-corrected chi connectivity index (χ0v) is 12.0. The lowest BCUT2D eigenvalue weighted by atomic mass is 10.0. The predicted octanol–water partition coefficient (Wildman–Crippen LogP) is 2.43. The Balaban J connectivity index is 1.86. The van der Waals surface area contributed by atoms with Gasteiger partial charge in [0, 0.05) is 17.0 Å². The Labute approximate surface area is 124 Å². The van der Waals surface area contributed by atoms with Crippen LogP contribution < -0.4 is 5.32 Å². The van der Waals surface area contributed by atoms with Gasteiger partial charge in [-0.25, -0.2) is 8.78 Å². The van der Waals surface area contributed by atoms with E-state index in [-0.39, 0.29) is 22.6 Å². The lowest BCUT2D eigenvalue weighted by Gasteiger charge is -2.17. The molecular weight excluding hydrogens is 300 g/mol. The van der Waals surface area contributed by atoms with Crippen LogP contribution in [0.5, 0.6) is 0 Å². The van der Waals surface area contributed by atoms with Gasteiger partial charge in [0.2, 0.25) is 5.91 Å². The molecule has 1 aromatic carbocycles. The van der Waals surface area contributed by atoms with Gasteiger partial charge in [-0.15, -0.1) is 11.8 Å². The van der Waals surface area contributed by atoms with E-state index in [0.717, 1.165) is 30.3 Å². The summed E-state index contributed by atoms with van der Waals surface area (Å²) < 4.78 is 26.2. The lowest BCUT2D eigenvalue weighted by Crippen LogP contribution is -2.41. The van der Waals surface area contributed by atoms with Crippen molar-refractivity contribution in [2.75, 3.05) is 5.75 Å². The molecule has 1 aromatic rings. The van der Waals surface area contributed by atoms with Crippen LogP contribution in [0.2, 0.25) is 0 Å². The van der Waals surface area contributed by atoms with Crippen molar-refractivity contribution >= 4 is 23.6 Å². The van der Waals surface area contributed by atoms with Crippen LogP contribution in [0.15, 0.2) is 23.1 Å². The second kappa shape index (κ2) is 6.89. The summed E-state index contributed by atoms with van der Waals surface area (Å²) in [6, 6.07) is 2.80. The van der Waals surface area contributed by atoms with Gasteiger partial charge in [-0.05, 0) is 25.0 Å². The number of nitrogens with one attached hydrogen (secondary N) is 1. The van der Waals surface area contributed by atoms with Crippen LogP contribution in [0.1, 0.15) is 19.3 Å². The highest BCUT2D eigenvalue weighted by atomic mass is 32.2. The average Bonchev–Trinajstić information content (AvgIpc) is 2.86. The molecular formula is C14H15F2NO3S. The van der Waals surface area contributed by atoms with Crippen LogP contribution in [-0.4, -0.2) is 28.8 Å². The highest BCUT2D eigenvalue weighted by Crippen LogP contribution is 2.26. The second-order valence-electron chi connectivity index (χ2n) is 4.91. The highest BCUT2D eigenvalue weighted by Gasteiger charge is 2.33. The van der Waals surface area contributed by atoms with Gasteiger partial charge in [0.1, 0.15) is 11.6 Å². The first-order valence-electron chi connectivity index (χ1n) is 6.57. The first kappa shape index (κ1) is 15.8. The predicted molar refractivity (Wildman–Crippen MR) is 74.0 cm³/mol. The first-order valence-corrected chi connectivity index (χ1v) is 7.56. The molecule has 2 atom stereocenters. The number of carboxylic acid groups (broad SMARTS) is 1. The number of hydrogen-bond donors (Lipinski definition) is 2. The summed E-state index contributed by atoms with van der Waals surface area (Å²) in [5.41, 5.74) is 0. The summed E-state index contributed by atoms with van der Waals surface area (Å²) in [4.78, 5) is 23.0. The molecule has 1 aliphatic carbocycles. The van der Waals surface area contributed by atoms with Gasteiger partial charge in [0.25, 0.3) is 0 Å². The van der Waals surface area contributed by atoms with E-state index in [1.165, 1.54) is 6.07 Å². The monoisotopic (exact) mass is 315 g/mol. The number of amides is 1. The highest BCUT2D eigenvalue weighted by molar-refractivity contribution is 8.00. The molecule has 1 saturated carbocycles. The van der Waals surface area contributed by atoms with E-state index in [9.17, 15) is 18.4 Å². The topological polar surface area (TPSA) is 66.4 Å². The van der Waals surface area contributed by atoms with Crippen molar-refractivity contribution in [1.29, 1.82) is 0 Å². The molecule has 2 N–H and O–H groups in total. The number of carboxylic acids is 1. The molecule has 0 aromatic heterocycles. The first-order chi connectivity index (χ1) is 9.97. The fourth-order valence-corrected chi connectivity index (χ4v) is 3.14. The van der Waals surface area contributed by atoms with E-state index in [0.29, 0.717) is 12.8 Å². The molecule has 2 rings (SSSR count). The summed E-state index contributed by atoms with van der Waals surface area (Å²) in [6.45, 7) is 0. The van der Waals surface area contributed by atoms with Gasteiger partial charge in [0.15, 0.2) is 0 Å². The van der Waals surface area contributed by atoms with Gasteiger partial charge in [0.05, 0.1) is 11.7 Å². The number of thioether (sulfide) groups is 1. The van der Waals surface area contributed by atoms with E-state index >= 15 is 0 Å². The number of halogens is 2. The third-order valence-corrected chi connectivity index (χ3v) is 4.48. The van der Waals surface area contributed by atoms with E-state index < -0.39 is 23.5 Å². The van der Waals surface area contributed by atoms with Crippen molar-refractivity contribution in [2.45, 2.75) is 30.2 Å². The zero-order valence-electron chi connectivity index (χ0n) is 11.1. The number of hydrogen-bond acceptors (Lipinski definition) is 3. The van der Waals surface area contributed by atoms with Crippen LogP contribution >= 0.6 is 11.8 Å². The van der Waals surface area contributed by atoms with Crippen molar-refractivity contribution in [3.8, 4) is 0 Å². The third kappa shape index (κ3) is 4.17. The summed E-state index contributed by atoms with van der Waals surface area (Å²) >= 11 is 0.956. The molecule has 0 saturated heterocycles. The molecule has 1 fully saturated rings. The normalized spacial score (nSPS) is 21.2. The Morgan fingerprint density at radius 2 is 2.10 bits per heavy atom. The van der Waals surface area contributed by atoms with E-state index in [1.54, 1.807) is 0 Å². The van der Waals surface area contributed by atoms with Gasteiger partial charge >= 0.3 is 5.97 Å². The quantitative estimate of drug-likeness (QED) is 0.819. The summed E-state index contributed by atoms with van der Waals surface area (Å²) in [7, 11) is 0. The SMILES string of the molecule is O=C(CSc1ccc(F)cc1F)NC1CCCC1C(=O)O. The lowest BCUT2D eigenvalue weighted by molar-refractivity contribution is -0.142. The van der Waals surface area contributed by atoms with Gasteiger partial charge in [-0.1, -0.05) is 6.42 Å². The fraction of sp³-hybridized carbons (Fsp3) is 0.429. The number of carbonyl (C=O) groups is 2. The minimum atomic E-state index is -0.907. The third-order valence-electron chi connectivity index (χ3n) is 3.43. The molecule has 0 radical (unpaired) electrons. The molecule has 4 nitrogen and oxygen atoms in total. The number of benzene rings is 1. The van der Waals surface area contributed by atoms with Gasteiger partial charge in [-0.3, -0.25) is 9.59 Å². The minimum absolute atomic E-state index is 0.0363.